The third-order valence-electron chi connectivity index (χ3n) is 4.90. The second-order valence-corrected chi connectivity index (χ2v) is 7.58. The van der Waals surface area contributed by atoms with E-state index in [1.807, 2.05) is 38.1 Å². The molecule has 0 radical (unpaired) electrons. The van der Waals surface area contributed by atoms with Gasteiger partial charge >= 0.3 is 0 Å². The van der Waals surface area contributed by atoms with Crippen LogP contribution in [0.3, 0.4) is 0 Å². The molecule has 1 N–H and O–H groups in total. The predicted molar refractivity (Wildman–Crippen MR) is 119 cm³/mol. The van der Waals surface area contributed by atoms with E-state index in [2.05, 4.69) is 42.7 Å². The van der Waals surface area contributed by atoms with Crippen LogP contribution in [0.5, 0.6) is 0 Å². The van der Waals surface area contributed by atoms with Crippen molar-refractivity contribution in [2.45, 2.75) is 40.2 Å². The molecule has 0 unspecified atom stereocenters. The molecule has 1 aromatic carbocycles. The highest BCUT2D eigenvalue weighted by Gasteiger charge is 2.15. The Kier molecular flexibility index (Phi) is 6.25. The maximum atomic E-state index is 13.0. The van der Waals surface area contributed by atoms with Gasteiger partial charge in [-0.05, 0) is 60.5 Å². The van der Waals surface area contributed by atoms with Gasteiger partial charge in [0, 0.05) is 29.9 Å². The maximum Gasteiger partial charge on any atom is 0.251 e. The van der Waals surface area contributed by atoms with Gasteiger partial charge in [-0.3, -0.25) is 19.7 Å². The van der Waals surface area contributed by atoms with Gasteiger partial charge in [-0.25, -0.2) is 0 Å². The normalized spacial score (nSPS) is 10.8. The fraction of sp³-hybridized carbons (Fsp3) is 0.261. The first-order valence-corrected chi connectivity index (χ1v) is 10.4. The van der Waals surface area contributed by atoms with Gasteiger partial charge in [-0.15, -0.1) is 5.10 Å². The van der Waals surface area contributed by atoms with Gasteiger partial charge in [0.2, 0.25) is 0 Å². The minimum Gasteiger partial charge on any atom is -0.346 e. The van der Waals surface area contributed by atoms with Gasteiger partial charge in [0.05, 0.1) is 35.5 Å². The summed E-state index contributed by atoms with van der Waals surface area (Å²) < 4.78 is 1.67. The number of amides is 1. The molecule has 32 heavy (non-hydrogen) atoms. The Morgan fingerprint density at radius 2 is 1.91 bits per heavy atom. The lowest BCUT2D eigenvalue weighted by Crippen LogP contribution is -2.23. The lowest BCUT2D eigenvalue weighted by molar-refractivity contribution is 0.0950. The fourth-order valence-corrected chi connectivity index (χ4v) is 3.22. The van der Waals surface area contributed by atoms with Crippen molar-refractivity contribution in [3.05, 3.63) is 77.3 Å². The molecule has 0 aliphatic heterocycles. The van der Waals surface area contributed by atoms with Crippen molar-refractivity contribution in [2.75, 3.05) is 0 Å². The van der Waals surface area contributed by atoms with E-state index in [1.165, 1.54) is 0 Å². The summed E-state index contributed by atoms with van der Waals surface area (Å²) in [4.78, 5) is 26.0. The molecule has 0 aliphatic carbocycles. The van der Waals surface area contributed by atoms with Crippen LogP contribution in [0.25, 0.3) is 16.9 Å². The number of carbonyl (C=O) groups is 1. The van der Waals surface area contributed by atoms with E-state index < -0.39 is 0 Å². The van der Waals surface area contributed by atoms with Crippen LogP contribution in [0.15, 0.2) is 48.9 Å². The topological polar surface area (TPSA) is 111 Å². The highest BCUT2D eigenvalue weighted by molar-refractivity contribution is 5.96. The maximum absolute atomic E-state index is 13.0. The van der Waals surface area contributed by atoms with Gasteiger partial charge in [0.25, 0.3) is 5.91 Å². The molecule has 9 heteroatoms. The summed E-state index contributed by atoms with van der Waals surface area (Å²) in [5, 5.41) is 15.0. The first-order chi connectivity index (χ1) is 15.5. The number of benzene rings is 1. The Bertz CT molecular complexity index is 1220. The van der Waals surface area contributed by atoms with Crippen LogP contribution in [-0.4, -0.2) is 41.1 Å². The zero-order valence-corrected chi connectivity index (χ0v) is 18.3. The Hall–Kier alpha value is -4.01. The van der Waals surface area contributed by atoms with Crippen LogP contribution >= 0.6 is 0 Å². The van der Waals surface area contributed by atoms with E-state index in [9.17, 15) is 4.79 Å². The summed E-state index contributed by atoms with van der Waals surface area (Å²) in [6.07, 6.45) is 6.78. The van der Waals surface area contributed by atoms with Gasteiger partial charge < -0.3 is 5.32 Å². The van der Waals surface area contributed by atoms with Crippen LogP contribution in [0.1, 0.15) is 46.5 Å². The van der Waals surface area contributed by atoms with Crippen molar-refractivity contribution in [1.29, 1.82) is 0 Å². The number of tetrazole rings is 1. The molecule has 0 bridgehead atoms. The SMILES string of the molecule is CCCc1nnnn1-c1cc(C(=O)NCc2cnc(C)cn2)cc(-c2ccc(C)cn2)c1. The number of hydrogen-bond donors (Lipinski definition) is 1. The highest BCUT2D eigenvalue weighted by Crippen LogP contribution is 2.24. The lowest BCUT2D eigenvalue weighted by atomic mass is 10.0. The number of rotatable bonds is 7. The van der Waals surface area contributed by atoms with Gasteiger partial charge in [-0.1, -0.05) is 13.0 Å². The Morgan fingerprint density at radius 1 is 1.03 bits per heavy atom. The molecule has 0 aliphatic rings. The second-order valence-electron chi connectivity index (χ2n) is 7.58. The van der Waals surface area contributed by atoms with E-state index in [-0.39, 0.29) is 12.5 Å². The van der Waals surface area contributed by atoms with E-state index in [0.717, 1.165) is 41.2 Å². The van der Waals surface area contributed by atoms with Gasteiger partial charge in [0.15, 0.2) is 5.82 Å². The molecular formula is C23H24N8O. The molecule has 0 fully saturated rings. The van der Waals surface area contributed by atoms with E-state index in [0.29, 0.717) is 16.9 Å². The molecule has 3 heterocycles. The largest absolute Gasteiger partial charge is 0.346 e. The van der Waals surface area contributed by atoms with Crippen molar-refractivity contribution >= 4 is 5.91 Å². The quantitative estimate of drug-likeness (QED) is 0.481. The average Bonchev–Trinajstić information content (AvgIpc) is 3.27. The number of hydrogen-bond acceptors (Lipinski definition) is 7. The number of nitrogens with one attached hydrogen (secondary N) is 1. The first-order valence-electron chi connectivity index (χ1n) is 10.4. The van der Waals surface area contributed by atoms with Gasteiger partial charge in [-0.2, -0.15) is 4.68 Å². The standard InChI is InChI=1S/C23H24N8O/c1-4-5-22-28-29-30-31(22)20-9-17(21-7-6-15(2)11-26-21)8-18(10-20)23(32)27-14-19-13-24-16(3)12-25-19/h6-13H,4-5,14H2,1-3H3,(H,27,32). The van der Waals surface area contributed by atoms with Crippen LogP contribution in [0.4, 0.5) is 0 Å². The first kappa shape index (κ1) is 21.2. The Labute approximate surface area is 186 Å². The van der Waals surface area contributed by atoms with E-state index in [4.69, 9.17) is 0 Å². The third kappa shape index (κ3) is 4.83. The summed E-state index contributed by atoms with van der Waals surface area (Å²) >= 11 is 0. The molecule has 3 aromatic heterocycles. The Balaban J connectivity index is 1.69. The molecule has 0 spiro atoms. The molecule has 0 saturated heterocycles. The summed E-state index contributed by atoms with van der Waals surface area (Å²) in [5.74, 6) is 0.510. The third-order valence-corrected chi connectivity index (χ3v) is 4.90. The zero-order valence-electron chi connectivity index (χ0n) is 18.3. The van der Waals surface area contributed by atoms with Crippen molar-refractivity contribution < 1.29 is 4.79 Å². The number of carbonyl (C=O) groups excluding carboxylic acids is 1. The minimum atomic E-state index is -0.229. The minimum absolute atomic E-state index is 0.229. The van der Waals surface area contributed by atoms with E-state index in [1.54, 1.807) is 29.3 Å². The smallest absolute Gasteiger partial charge is 0.251 e. The average molecular weight is 429 g/mol. The van der Waals surface area contributed by atoms with Crippen molar-refractivity contribution in [2.24, 2.45) is 0 Å². The molecule has 1 amide bonds. The van der Waals surface area contributed by atoms with E-state index >= 15 is 0 Å². The number of nitrogens with zero attached hydrogens (tertiary/aromatic N) is 7. The summed E-state index contributed by atoms with van der Waals surface area (Å²) in [6, 6.07) is 9.47. The molecule has 0 atom stereocenters. The molecule has 4 aromatic rings. The monoisotopic (exact) mass is 428 g/mol. The fourth-order valence-electron chi connectivity index (χ4n) is 3.22. The molecule has 0 saturated carbocycles. The number of aromatic nitrogens is 7. The summed E-state index contributed by atoms with van der Waals surface area (Å²) in [6.45, 7) is 6.20. The zero-order chi connectivity index (χ0) is 22.5. The summed E-state index contributed by atoms with van der Waals surface area (Å²) in [7, 11) is 0. The summed E-state index contributed by atoms with van der Waals surface area (Å²) in [5.41, 5.74) is 5.34. The van der Waals surface area contributed by atoms with Crippen LogP contribution in [0, 0.1) is 13.8 Å². The molecular weight excluding hydrogens is 404 g/mol. The number of pyridine rings is 1. The molecule has 162 valence electrons. The Morgan fingerprint density at radius 3 is 2.62 bits per heavy atom. The van der Waals surface area contributed by atoms with Crippen LogP contribution in [-0.2, 0) is 13.0 Å². The second kappa shape index (κ2) is 9.42. The molecule has 4 rings (SSSR count). The number of aryl methyl sites for hydroxylation is 3. The lowest BCUT2D eigenvalue weighted by Gasteiger charge is -2.11. The molecule has 9 nitrogen and oxygen atoms in total. The van der Waals surface area contributed by atoms with Gasteiger partial charge in [0.1, 0.15) is 0 Å². The highest BCUT2D eigenvalue weighted by atomic mass is 16.1. The van der Waals surface area contributed by atoms with Crippen molar-refractivity contribution in [3.63, 3.8) is 0 Å². The van der Waals surface area contributed by atoms with Crippen molar-refractivity contribution in [1.82, 2.24) is 40.5 Å². The van der Waals surface area contributed by atoms with Crippen LogP contribution in [0.2, 0.25) is 0 Å². The predicted octanol–water partition coefficient (Wildman–Crippen LogP) is 3.01. The van der Waals surface area contributed by atoms with Crippen LogP contribution < -0.4 is 5.32 Å². The van der Waals surface area contributed by atoms with Crippen molar-refractivity contribution in [3.8, 4) is 16.9 Å².